The van der Waals surface area contributed by atoms with Crippen LogP contribution in [0.25, 0.3) is 11.1 Å². The number of nitro benzene ring substituents is 1. The SMILES string of the molecule is COCCN1CCN(C2CCN(c3cc(OC)c([N+](=O)[O-])cc3-c3cnn(C)c3)CC2)CC1. The number of nitro groups is 1. The number of hydrogen-bond donors (Lipinski definition) is 0. The van der Waals surface area contributed by atoms with Gasteiger partial charge < -0.3 is 14.4 Å². The maximum absolute atomic E-state index is 11.6. The summed E-state index contributed by atoms with van der Waals surface area (Å²) in [6.07, 6.45) is 5.80. The smallest absolute Gasteiger partial charge is 0.311 e. The molecule has 2 aromatic rings. The summed E-state index contributed by atoms with van der Waals surface area (Å²) in [5.74, 6) is 0.289. The van der Waals surface area contributed by atoms with Crippen molar-refractivity contribution in [3.8, 4) is 16.9 Å². The van der Waals surface area contributed by atoms with Gasteiger partial charge in [0.1, 0.15) is 0 Å². The van der Waals surface area contributed by atoms with E-state index in [0.717, 1.165) is 82.1 Å². The Kier molecular flexibility index (Phi) is 7.46. The van der Waals surface area contributed by atoms with E-state index in [1.807, 2.05) is 19.3 Å². The average molecular weight is 459 g/mol. The number of nitrogens with zero attached hydrogens (tertiary/aromatic N) is 6. The van der Waals surface area contributed by atoms with Gasteiger partial charge in [0.05, 0.1) is 24.8 Å². The first kappa shape index (κ1) is 23.5. The molecule has 1 aromatic heterocycles. The summed E-state index contributed by atoms with van der Waals surface area (Å²) in [5, 5.41) is 15.9. The fourth-order valence-electron chi connectivity index (χ4n) is 4.96. The van der Waals surface area contributed by atoms with Gasteiger partial charge in [-0.25, -0.2) is 0 Å². The van der Waals surface area contributed by atoms with Crippen molar-refractivity contribution in [2.24, 2.45) is 7.05 Å². The largest absolute Gasteiger partial charge is 0.490 e. The Hall–Kier alpha value is -2.69. The van der Waals surface area contributed by atoms with E-state index in [1.54, 1.807) is 24.1 Å². The second-order valence-electron chi connectivity index (χ2n) is 8.79. The van der Waals surface area contributed by atoms with Gasteiger partial charge >= 0.3 is 5.69 Å². The number of ether oxygens (including phenoxy) is 2. The van der Waals surface area contributed by atoms with Crippen molar-refractivity contribution in [2.75, 3.05) is 71.5 Å². The van der Waals surface area contributed by atoms with Crippen LogP contribution in [0.2, 0.25) is 0 Å². The van der Waals surface area contributed by atoms with Crippen molar-refractivity contribution in [1.29, 1.82) is 0 Å². The van der Waals surface area contributed by atoms with Crippen LogP contribution in [0.15, 0.2) is 24.5 Å². The number of benzene rings is 1. The van der Waals surface area contributed by atoms with E-state index in [1.165, 1.54) is 7.11 Å². The molecule has 180 valence electrons. The standard InChI is InChI=1S/C23H34N6O4/c1-25-17-18(16-24-25)20-14-22(29(30)31)23(33-3)15-21(20)28-6-4-19(5-7-28)27-10-8-26(9-11-27)12-13-32-2/h14-17,19H,4-13H2,1-3H3. The van der Waals surface area contributed by atoms with Gasteiger partial charge in [-0.05, 0) is 12.8 Å². The average Bonchev–Trinajstić information content (AvgIpc) is 3.28. The third kappa shape index (κ3) is 5.29. The predicted octanol–water partition coefficient (Wildman–Crippen LogP) is 2.24. The second kappa shape index (κ2) is 10.5. The van der Waals surface area contributed by atoms with Crippen LogP contribution in [0.4, 0.5) is 11.4 Å². The number of methoxy groups -OCH3 is 2. The first-order valence-electron chi connectivity index (χ1n) is 11.6. The lowest BCUT2D eigenvalue weighted by Crippen LogP contribution is -2.53. The van der Waals surface area contributed by atoms with E-state index in [-0.39, 0.29) is 16.4 Å². The minimum atomic E-state index is -0.388. The predicted molar refractivity (Wildman–Crippen MR) is 127 cm³/mol. The van der Waals surface area contributed by atoms with Crippen molar-refractivity contribution in [2.45, 2.75) is 18.9 Å². The fourth-order valence-corrected chi connectivity index (χ4v) is 4.96. The van der Waals surface area contributed by atoms with Gasteiger partial charge in [-0.2, -0.15) is 5.10 Å². The summed E-state index contributed by atoms with van der Waals surface area (Å²) in [6.45, 7) is 7.98. The van der Waals surface area contributed by atoms with Crippen LogP contribution in [-0.4, -0.2) is 97.2 Å². The fraction of sp³-hybridized carbons (Fsp3) is 0.609. The Morgan fingerprint density at radius 2 is 1.85 bits per heavy atom. The third-order valence-electron chi connectivity index (χ3n) is 6.85. The van der Waals surface area contributed by atoms with Crippen LogP contribution in [0.3, 0.4) is 0 Å². The number of aromatic nitrogens is 2. The van der Waals surface area contributed by atoms with Gasteiger partial charge in [-0.1, -0.05) is 0 Å². The minimum Gasteiger partial charge on any atom is -0.490 e. The molecular weight excluding hydrogens is 424 g/mol. The Morgan fingerprint density at radius 3 is 2.42 bits per heavy atom. The molecule has 3 heterocycles. The molecule has 1 aromatic carbocycles. The third-order valence-corrected chi connectivity index (χ3v) is 6.85. The molecular formula is C23H34N6O4. The van der Waals surface area contributed by atoms with Crippen LogP contribution in [0.1, 0.15) is 12.8 Å². The summed E-state index contributed by atoms with van der Waals surface area (Å²) < 4.78 is 12.3. The highest BCUT2D eigenvalue weighted by Gasteiger charge is 2.30. The van der Waals surface area contributed by atoms with E-state index in [0.29, 0.717) is 6.04 Å². The molecule has 0 atom stereocenters. The molecule has 2 aliphatic rings. The summed E-state index contributed by atoms with van der Waals surface area (Å²) >= 11 is 0. The van der Waals surface area contributed by atoms with Crippen LogP contribution < -0.4 is 9.64 Å². The normalized spacial score (nSPS) is 18.6. The van der Waals surface area contributed by atoms with Crippen molar-refractivity contribution in [1.82, 2.24) is 19.6 Å². The van der Waals surface area contributed by atoms with E-state index in [9.17, 15) is 10.1 Å². The molecule has 2 saturated heterocycles. The van der Waals surface area contributed by atoms with Gasteiger partial charge in [0.15, 0.2) is 5.75 Å². The molecule has 33 heavy (non-hydrogen) atoms. The summed E-state index contributed by atoms with van der Waals surface area (Å²) in [5.41, 5.74) is 2.63. The topological polar surface area (TPSA) is 89.1 Å². The molecule has 0 amide bonds. The van der Waals surface area contributed by atoms with Gasteiger partial charge in [0.2, 0.25) is 0 Å². The van der Waals surface area contributed by atoms with E-state index in [2.05, 4.69) is 19.8 Å². The molecule has 0 aliphatic carbocycles. The minimum absolute atomic E-state index is 0.0265. The van der Waals surface area contributed by atoms with Gasteiger partial charge in [0.25, 0.3) is 0 Å². The number of anilines is 1. The van der Waals surface area contributed by atoms with Crippen LogP contribution >= 0.6 is 0 Å². The van der Waals surface area contributed by atoms with Gasteiger partial charge in [0, 0.05) is 101 Å². The zero-order valence-electron chi connectivity index (χ0n) is 19.8. The Balaban J connectivity index is 1.48. The van der Waals surface area contributed by atoms with Crippen molar-refractivity contribution in [3.63, 3.8) is 0 Å². The molecule has 4 rings (SSSR count). The number of rotatable bonds is 8. The lowest BCUT2D eigenvalue weighted by atomic mass is 9.98. The van der Waals surface area contributed by atoms with E-state index >= 15 is 0 Å². The molecule has 0 saturated carbocycles. The number of piperidine rings is 1. The lowest BCUT2D eigenvalue weighted by Gasteiger charge is -2.43. The van der Waals surface area contributed by atoms with Gasteiger partial charge in [-0.3, -0.25) is 24.6 Å². The number of aryl methyl sites for hydroxylation is 1. The molecule has 0 unspecified atom stereocenters. The number of hydrogen-bond acceptors (Lipinski definition) is 8. The summed E-state index contributed by atoms with van der Waals surface area (Å²) in [7, 11) is 5.08. The van der Waals surface area contributed by atoms with Crippen LogP contribution in [0.5, 0.6) is 5.75 Å². The molecule has 0 N–H and O–H groups in total. The highest BCUT2D eigenvalue weighted by Crippen LogP contribution is 2.41. The first-order chi connectivity index (χ1) is 16.0. The summed E-state index contributed by atoms with van der Waals surface area (Å²) in [6, 6.07) is 4.01. The van der Waals surface area contributed by atoms with Crippen LogP contribution in [0, 0.1) is 10.1 Å². The zero-order valence-corrected chi connectivity index (χ0v) is 19.8. The maximum atomic E-state index is 11.6. The zero-order chi connectivity index (χ0) is 23.4. The van der Waals surface area contributed by atoms with Crippen molar-refractivity contribution >= 4 is 11.4 Å². The summed E-state index contributed by atoms with van der Waals surface area (Å²) in [4.78, 5) is 18.7. The monoisotopic (exact) mass is 458 g/mol. The van der Waals surface area contributed by atoms with Crippen LogP contribution in [-0.2, 0) is 11.8 Å². The van der Waals surface area contributed by atoms with Crippen molar-refractivity contribution in [3.05, 3.63) is 34.6 Å². The molecule has 0 spiro atoms. The van der Waals surface area contributed by atoms with E-state index < -0.39 is 0 Å². The molecule has 10 heteroatoms. The van der Waals surface area contributed by atoms with Crippen molar-refractivity contribution < 1.29 is 14.4 Å². The van der Waals surface area contributed by atoms with Gasteiger partial charge in [-0.15, -0.1) is 0 Å². The maximum Gasteiger partial charge on any atom is 0.311 e. The lowest BCUT2D eigenvalue weighted by molar-refractivity contribution is -0.385. The quantitative estimate of drug-likeness (QED) is 0.440. The molecule has 2 aliphatic heterocycles. The highest BCUT2D eigenvalue weighted by atomic mass is 16.6. The Labute approximate surface area is 194 Å². The molecule has 2 fully saturated rings. The number of piperazine rings is 1. The first-order valence-corrected chi connectivity index (χ1v) is 11.6. The molecule has 10 nitrogen and oxygen atoms in total. The molecule has 0 bridgehead atoms. The Bertz CT molecular complexity index is 948. The Morgan fingerprint density at radius 1 is 1.12 bits per heavy atom. The molecule has 0 radical (unpaired) electrons. The van der Waals surface area contributed by atoms with E-state index in [4.69, 9.17) is 9.47 Å². The highest BCUT2D eigenvalue weighted by molar-refractivity contribution is 5.82. The second-order valence-corrected chi connectivity index (χ2v) is 8.79.